The number of hydrogen-bond acceptors (Lipinski definition) is 3. The van der Waals surface area contributed by atoms with Gasteiger partial charge >= 0.3 is 0 Å². The summed E-state index contributed by atoms with van der Waals surface area (Å²) in [6.07, 6.45) is 9.44. The molecule has 32 heavy (non-hydrogen) atoms. The predicted molar refractivity (Wildman–Crippen MR) is 136 cm³/mol. The van der Waals surface area contributed by atoms with Gasteiger partial charge in [-0.15, -0.1) is 0 Å². The van der Waals surface area contributed by atoms with Crippen LogP contribution in [0.1, 0.15) is 98.3 Å². The molecule has 1 saturated carbocycles. The second-order valence-electron chi connectivity index (χ2n) is 9.13. The SMILES string of the molecule is [2H]C(CCC(C)O)C([2H])Cc1cccc(C(=CC=C2C[C@@H](O)C[C@H](O)C2=C)CCCCCC)c1. The molecule has 2 rings (SSSR count). The standard InChI is InChI=1S/C29H44O3/c1-4-5-6-10-15-25(17-18-26-20-28(31)21-29(32)23(26)3)27-16-11-14-24(19-27)13-9-7-8-12-22(2)30/h11,14,16-19,22,28-32H,3-10,12-13,15,20-21H2,1-2H3/t22?,28-,29+/m1/s1/i7D,9D/t7?,9?,22?,28-,29+. The first kappa shape index (κ1) is 23.5. The highest BCUT2D eigenvalue weighted by Gasteiger charge is 2.24. The molecular formula is C29H44O3. The van der Waals surface area contributed by atoms with Gasteiger partial charge in [0.05, 0.1) is 18.3 Å². The summed E-state index contributed by atoms with van der Waals surface area (Å²) in [4.78, 5) is 0. The molecule has 178 valence electrons. The van der Waals surface area contributed by atoms with E-state index in [2.05, 4.69) is 31.7 Å². The van der Waals surface area contributed by atoms with Gasteiger partial charge in [0.25, 0.3) is 0 Å². The lowest BCUT2D eigenvalue weighted by Gasteiger charge is -2.26. The molecule has 3 heteroatoms. The van der Waals surface area contributed by atoms with E-state index in [9.17, 15) is 15.3 Å². The fourth-order valence-electron chi connectivity index (χ4n) is 4.10. The minimum atomic E-state index is -0.694. The summed E-state index contributed by atoms with van der Waals surface area (Å²) in [6, 6.07) is 8.27. The van der Waals surface area contributed by atoms with Gasteiger partial charge in [-0.1, -0.05) is 82.0 Å². The summed E-state index contributed by atoms with van der Waals surface area (Å²) >= 11 is 0. The zero-order chi connectivity index (χ0) is 25.1. The van der Waals surface area contributed by atoms with Gasteiger partial charge < -0.3 is 15.3 Å². The number of benzene rings is 1. The Hall–Kier alpha value is -1.68. The molecule has 5 atom stereocenters. The molecule has 1 aromatic carbocycles. The molecule has 3 unspecified atom stereocenters. The number of unbranched alkanes of at least 4 members (excludes halogenated alkanes) is 3. The Morgan fingerprint density at radius 2 is 2.03 bits per heavy atom. The van der Waals surface area contributed by atoms with E-state index in [0.717, 1.165) is 29.5 Å². The van der Waals surface area contributed by atoms with Crippen molar-refractivity contribution in [2.45, 2.75) is 109 Å². The summed E-state index contributed by atoms with van der Waals surface area (Å²) in [6.45, 7) is 7.95. The van der Waals surface area contributed by atoms with Gasteiger partial charge in [0, 0.05) is 9.16 Å². The third kappa shape index (κ3) is 9.44. The van der Waals surface area contributed by atoms with Crippen LogP contribution in [-0.2, 0) is 6.42 Å². The fraction of sp³-hybridized carbons (Fsp3) is 0.586. The van der Waals surface area contributed by atoms with Crippen LogP contribution >= 0.6 is 0 Å². The summed E-state index contributed by atoms with van der Waals surface area (Å²) in [5.41, 5.74) is 4.95. The van der Waals surface area contributed by atoms with Crippen LogP contribution in [-0.4, -0.2) is 33.6 Å². The molecule has 0 radical (unpaired) electrons. The van der Waals surface area contributed by atoms with Gasteiger partial charge in [-0.05, 0) is 73.3 Å². The van der Waals surface area contributed by atoms with Crippen molar-refractivity contribution in [2.75, 3.05) is 0 Å². The fourth-order valence-corrected chi connectivity index (χ4v) is 4.10. The molecule has 0 aromatic heterocycles. The Morgan fingerprint density at radius 1 is 1.22 bits per heavy atom. The van der Waals surface area contributed by atoms with Crippen LogP contribution in [0.4, 0.5) is 0 Å². The largest absolute Gasteiger partial charge is 0.393 e. The molecule has 0 aliphatic heterocycles. The van der Waals surface area contributed by atoms with Crippen LogP contribution in [0.25, 0.3) is 5.57 Å². The molecule has 0 heterocycles. The van der Waals surface area contributed by atoms with Crippen LogP contribution < -0.4 is 0 Å². The second kappa shape index (κ2) is 14.5. The lowest BCUT2D eigenvalue weighted by Crippen LogP contribution is -2.26. The van der Waals surface area contributed by atoms with E-state index in [-0.39, 0.29) is 0 Å². The number of aryl methyl sites for hydroxylation is 1. The summed E-state index contributed by atoms with van der Waals surface area (Å²) in [5.74, 6) is 0. The quantitative estimate of drug-likeness (QED) is 0.305. The number of aliphatic hydroxyl groups is 3. The first-order valence-electron chi connectivity index (χ1n) is 13.4. The molecule has 0 spiro atoms. The first-order valence-corrected chi connectivity index (χ1v) is 12.3. The monoisotopic (exact) mass is 442 g/mol. The summed E-state index contributed by atoms with van der Waals surface area (Å²) < 4.78 is 16.7. The van der Waals surface area contributed by atoms with Crippen molar-refractivity contribution in [3.8, 4) is 0 Å². The van der Waals surface area contributed by atoms with E-state index in [1.807, 2.05) is 18.2 Å². The van der Waals surface area contributed by atoms with Gasteiger partial charge in [0.2, 0.25) is 0 Å². The highest BCUT2D eigenvalue weighted by molar-refractivity contribution is 5.68. The third-order valence-electron chi connectivity index (χ3n) is 6.12. The van der Waals surface area contributed by atoms with Crippen LogP contribution in [0.5, 0.6) is 0 Å². The van der Waals surface area contributed by atoms with Gasteiger partial charge in [-0.2, -0.15) is 0 Å². The third-order valence-corrected chi connectivity index (χ3v) is 6.12. The number of aliphatic hydroxyl groups excluding tert-OH is 3. The maximum Gasteiger partial charge on any atom is 0.0811 e. The molecule has 1 aliphatic carbocycles. The molecule has 0 bridgehead atoms. The van der Waals surface area contributed by atoms with Gasteiger partial charge in [-0.3, -0.25) is 0 Å². The highest BCUT2D eigenvalue weighted by Crippen LogP contribution is 2.30. The molecule has 0 amide bonds. The molecule has 1 aliphatic rings. The van der Waals surface area contributed by atoms with Crippen LogP contribution in [0.2, 0.25) is 0 Å². The van der Waals surface area contributed by atoms with Crippen LogP contribution in [0.3, 0.4) is 0 Å². The smallest absolute Gasteiger partial charge is 0.0811 e. The van der Waals surface area contributed by atoms with E-state index in [1.165, 1.54) is 24.8 Å². The van der Waals surface area contributed by atoms with Gasteiger partial charge in [0.1, 0.15) is 0 Å². The number of allylic oxidation sites excluding steroid dienone is 3. The Kier molecular flexibility index (Phi) is 10.6. The minimum Gasteiger partial charge on any atom is -0.393 e. The maximum atomic E-state index is 10.2. The topological polar surface area (TPSA) is 60.7 Å². The van der Waals surface area contributed by atoms with Crippen LogP contribution in [0.15, 0.2) is 54.1 Å². The first-order chi connectivity index (χ1) is 16.2. The zero-order valence-electron chi connectivity index (χ0n) is 22.0. The van der Waals surface area contributed by atoms with E-state index in [1.54, 1.807) is 6.92 Å². The maximum absolute atomic E-state index is 10.2. The van der Waals surface area contributed by atoms with Crippen molar-refractivity contribution >= 4 is 5.57 Å². The summed E-state index contributed by atoms with van der Waals surface area (Å²) in [7, 11) is 0. The van der Waals surface area contributed by atoms with Crippen molar-refractivity contribution in [3.63, 3.8) is 0 Å². The van der Waals surface area contributed by atoms with Crippen molar-refractivity contribution < 1.29 is 18.1 Å². The predicted octanol–water partition coefficient (Wildman–Crippen LogP) is 6.52. The van der Waals surface area contributed by atoms with Crippen molar-refractivity contribution in [1.82, 2.24) is 0 Å². The Labute approximate surface area is 198 Å². The average Bonchev–Trinajstić information content (AvgIpc) is 2.79. The van der Waals surface area contributed by atoms with E-state index in [0.29, 0.717) is 37.7 Å². The van der Waals surface area contributed by atoms with E-state index in [4.69, 9.17) is 2.74 Å². The molecule has 1 aromatic rings. The Morgan fingerprint density at radius 3 is 2.78 bits per heavy atom. The van der Waals surface area contributed by atoms with Gasteiger partial charge in [-0.25, -0.2) is 0 Å². The normalized spacial score (nSPS) is 24.7. The molecular weight excluding hydrogens is 396 g/mol. The highest BCUT2D eigenvalue weighted by atomic mass is 16.3. The number of rotatable bonds is 13. The summed E-state index contributed by atoms with van der Waals surface area (Å²) in [5, 5.41) is 29.7. The average molecular weight is 443 g/mol. The van der Waals surface area contributed by atoms with Crippen molar-refractivity contribution in [1.29, 1.82) is 0 Å². The van der Waals surface area contributed by atoms with Gasteiger partial charge in [0.15, 0.2) is 0 Å². The molecule has 1 fully saturated rings. The van der Waals surface area contributed by atoms with Crippen molar-refractivity contribution in [2.24, 2.45) is 0 Å². The Balaban J connectivity index is 2.21. The lowest BCUT2D eigenvalue weighted by molar-refractivity contribution is 0.0862. The number of hydrogen-bond donors (Lipinski definition) is 3. The van der Waals surface area contributed by atoms with E-state index >= 15 is 0 Å². The molecule has 3 nitrogen and oxygen atoms in total. The van der Waals surface area contributed by atoms with Crippen molar-refractivity contribution in [3.05, 3.63) is 65.3 Å². The van der Waals surface area contributed by atoms with Crippen LogP contribution in [0, 0.1) is 0 Å². The van der Waals surface area contributed by atoms with E-state index < -0.39 is 31.1 Å². The molecule has 3 N–H and O–H groups in total. The second-order valence-corrected chi connectivity index (χ2v) is 9.13. The zero-order valence-corrected chi connectivity index (χ0v) is 20.0. The minimum absolute atomic E-state index is 0.342. The lowest BCUT2D eigenvalue weighted by atomic mass is 9.85. The molecule has 0 saturated heterocycles. The Bertz CT molecular complexity index is 830.